The van der Waals surface area contributed by atoms with Crippen molar-refractivity contribution in [2.75, 3.05) is 35.3 Å². The standard InChI is InChI=1S/2C24H20ClN5O2.ClH/c2*1-2-31-23-11-21-18(10-20(23)27)24(15(12-26)13-29-21)30-16-6-7-22(19(25)9-16)32-14-17-5-3-4-8-28-17;/h2*3-11,13H,2,14,27H2,1H3,(H,29,30);1H. The number of hydrogen-bond donors (Lipinski definition) is 4. The number of ether oxygens (including phenoxy) is 4. The van der Waals surface area contributed by atoms with E-state index in [-0.39, 0.29) is 12.4 Å². The number of fused-ring (bicyclic) bond motifs is 2. The molecule has 0 aliphatic carbocycles. The number of nitrogens with one attached hydrogen (secondary N) is 2. The van der Waals surface area contributed by atoms with E-state index in [2.05, 4.69) is 42.7 Å². The summed E-state index contributed by atoms with van der Waals surface area (Å²) < 4.78 is 22.7. The number of nitriles is 2. The molecule has 0 aliphatic heterocycles. The fourth-order valence-electron chi connectivity index (χ4n) is 6.42. The van der Waals surface area contributed by atoms with Gasteiger partial charge in [0.2, 0.25) is 0 Å². The highest BCUT2D eigenvalue weighted by atomic mass is 35.5. The van der Waals surface area contributed by atoms with Gasteiger partial charge in [-0.3, -0.25) is 19.9 Å². The smallest absolute Gasteiger partial charge is 0.144 e. The number of pyridine rings is 4. The monoisotopic (exact) mass is 926 g/mol. The molecule has 0 bridgehead atoms. The fraction of sp³-hybridized carbons (Fsp3) is 0.125. The third-order valence-corrected chi connectivity index (χ3v) is 10.0. The Morgan fingerprint density at radius 2 is 0.985 bits per heavy atom. The van der Waals surface area contributed by atoms with Crippen LogP contribution in [0.2, 0.25) is 10.0 Å². The summed E-state index contributed by atoms with van der Waals surface area (Å²) in [6, 6.07) is 33.3. The van der Waals surface area contributed by atoms with Crippen molar-refractivity contribution >= 4 is 91.5 Å². The van der Waals surface area contributed by atoms with Crippen LogP contribution in [0, 0.1) is 22.7 Å². The van der Waals surface area contributed by atoms with Crippen LogP contribution in [0.1, 0.15) is 36.4 Å². The second kappa shape index (κ2) is 22.0. The van der Waals surface area contributed by atoms with E-state index in [1.165, 1.54) is 12.4 Å². The van der Waals surface area contributed by atoms with Crippen molar-refractivity contribution in [3.05, 3.63) is 154 Å². The first-order valence-corrected chi connectivity index (χ1v) is 20.6. The van der Waals surface area contributed by atoms with Gasteiger partial charge in [0.1, 0.15) is 48.4 Å². The molecule has 0 unspecified atom stereocenters. The molecule has 8 rings (SSSR count). The molecule has 0 radical (unpaired) electrons. The maximum Gasteiger partial charge on any atom is 0.144 e. The zero-order valence-corrected chi connectivity index (χ0v) is 37.3. The molecule has 6 N–H and O–H groups in total. The van der Waals surface area contributed by atoms with Crippen molar-refractivity contribution in [1.82, 2.24) is 19.9 Å². The van der Waals surface area contributed by atoms with Gasteiger partial charge in [0.15, 0.2) is 0 Å². The molecule has 4 aromatic carbocycles. The van der Waals surface area contributed by atoms with E-state index in [4.69, 9.17) is 53.6 Å². The van der Waals surface area contributed by atoms with Crippen LogP contribution in [0.4, 0.5) is 34.1 Å². The zero-order valence-electron chi connectivity index (χ0n) is 35.0. The minimum absolute atomic E-state index is 0. The first-order valence-electron chi connectivity index (χ1n) is 19.9. The number of nitrogens with zero attached hydrogens (tertiary/aromatic N) is 6. The van der Waals surface area contributed by atoms with Crippen molar-refractivity contribution in [3.63, 3.8) is 0 Å². The molecule has 0 saturated carbocycles. The maximum atomic E-state index is 9.60. The molecule has 0 spiro atoms. The Bertz CT molecular complexity index is 2820. The first kappa shape index (κ1) is 46.7. The molecule has 0 amide bonds. The predicted octanol–water partition coefficient (Wildman–Crippen LogP) is 11.3. The van der Waals surface area contributed by atoms with Crippen LogP contribution >= 0.6 is 35.6 Å². The first-order chi connectivity index (χ1) is 31.2. The van der Waals surface area contributed by atoms with Crippen LogP contribution in [0.3, 0.4) is 0 Å². The van der Waals surface area contributed by atoms with E-state index in [1.54, 1.807) is 60.9 Å². The number of benzene rings is 4. The Morgan fingerprint density at radius 3 is 1.34 bits per heavy atom. The molecular weight excluding hydrogens is 887 g/mol. The van der Waals surface area contributed by atoms with E-state index in [1.807, 2.05) is 62.4 Å². The lowest BCUT2D eigenvalue weighted by molar-refractivity contribution is 0.301. The predicted molar refractivity (Wildman–Crippen MR) is 258 cm³/mol. The molecule has 0 atom stereocenters. The molecule has 328 valence electrons. The molecule has 4 aromatic heterocycles. The quantitative estimate of drug-likeness (QED) is 0.0747. The largest absolute Gasteiger partial charge is 0.492 e. The number of aromatic nitrogens is 4. The molecule has 0 saturated heterocycles. The second-order valence-electron chi connectivity index (χ2n) is 13.8. The van der Waals surface area contributed by atoms with Crippen LogP contribution in [-0.2, 0) is 13.2 Å². The topological polar surface area (TPSA) is 212 Å². The zero-order chi connectivity index (χ0) is 45.0. The van der Waals surface area contributed by atoms with Crippen LogP contribution in [0.25, 0.3) is 21.8 Å². The Hall–Kier alpha value is -7.75. The second-order valence-corrected chi connectivity index (χ2v) is 14.6. The van der Waals surface area contributed by atoms with Crippen molar-refractivity contribution in [2.45, 2.75) is 27.1 Å². The van der Waals surface area contributed by atoms with Crippen molar-refractivity contribution < 1.29 is 18.9 Å². The van der Waals surface area contributed by atoms with Crippen molar-refractivity contribution in [1.29, 1.82) is 10.5 Å². The van der Waals surface area contributed by atoms with Gasteiger partial charge in [0.05, 0.1) is 79.6 Å². The number of nitrogen functional groups attached to an aromatic ring is 2. The normalized spacial score (nSPS) is 10.4. The third kappa shape index (κ3) is 11.4. The Kier molecular flexibility index (Phi) is 15.9. The average Bonchev–Trinajstić information content (AvgIpc) is 3.30. The lowest BCUT2D eigenvalue weighted by atomic mass is 10.1. The number of halogens is 3. The minimum Gasteiger partial charge on any atom is -0.492 e. The van der Waals surface area contributed by atoms with Gasteiger partial charge in [-0.15, -0.1) is 12.4 Å². The summed E-state index contributed by atoms with van der Waals surface area (Å²) in [6.45, 7) is 5.37. The number of nitrogens with two attached hydrogens (primary N) is 2. The van der Waals surface area contributed by atoms with Gasteiger partial charge >= 0.3 is 0 Å². The molecule has 0 aliphatic rings. The van der Waals surface area contributed by atoms with Crippen molar-refractivity contribution in [3.8, 4) is 35.1 Å². The molecule has 17 heteroatoms. The van der Waals surface area contributed by atoms with Gasteiger partial charge in [-0.2, -0.15) is 10.5 Å². The Morgan fingerprint density at radius 1 is 0.554 bits per heavy atom. The minimum atomic E-state index is 0. The Labute approximate surface area is 391 Å². The molecule has 0 fully saturated rings. The SMILES string of the molecule is CCOc1cc2ncc(C#N)c(Nc3ccc(OCc4ccccn4)c(Cl)c3)c2cc1N.CCOc1cc2ncc(C#N)c(Nc3ccc(OCc4ccccn4)c(Cl)c3)c2cc1N.Cl. The highest BCUT2D eigenvalue weighted by Gasteiger charge is 2.16. The number of anilines is 6. The Balaban J connectivity index is 0.000000212. The van der Waals surface area contributed by atoms with E-state index in [9.17, 15) is 10.5 Å². The van der Waals surface area contributed by atoms with Crippen LogP contribution in [0.5, 0.6) is 23.0 Å². The third-order valence-electron chi connectivity index (χ3n) is 9.45. The average molecular weight is 928 g/mol. The van der Waals surface area contributed by atoms with Crippen LogP contribution in [0.15, 0.2) is 122 Å². The molecule has 65 heavy (non-hydrogen) atoms. The summed E-state index contributed by atoms with van der Waals surface area (Å²) in [6.07, 6.45) is 6.46. The summed E-state index contributed by atoms with van der Waals surface area (Å²) >= 11 is 12.9. The van der Waals surface area contributed by atoms with Gasteiger partial charge in [0.25, 0.3) is 0 Å². The number of rotatable bonds is 14. The van der Waals surface area contributed by atoms with E-state index in [0.29, 0.717) is 127 Å². The van der Waals surface area contributed by atoms with Gasteiger partial charge in [-0.25, -0.2) is 0 Å². The van der Waals surface area contributed by atoms with Gasteiger partial charge in [0, 0.05) is 59.1 Å². The van der Waals surface area contributed by atoms with E-state index in [0.717, 1.165) is 11.4 Å². The molecule has 14 nitrogen and oxygen atoms in total. The lowest BCUT2D eigenvalue weighted by Gasteiger charge is -2.15. The maximum absolute atomic E-state index is 9.60. The summed E-state index contributed by atoms with van der Waals surface area (Å²) in [7, 11) is 0. The summed E-state index contributed by atoms with van der Waals surface area (Å²) in [5.41, 5.74) is 19.5. The van der Waals surface area contributed by atoms with Gasteiger partial charge in [-0.05, 0) is 86.6 Å². The highest BCUT2D eigenvalue weighted by Crippen LogP contribution is 2.38. The van der Waals surface area contributed by atoms with E-state index >= 15 is 0 Å². The van der Waals surface area contributed by atoms with E-state index < -0.39 is 0 Å². The van der Waals surface area contributed by atoms with Crippen LogP contribution < -0.4 is 41.0 Å². The number of hydrogen-bond acceptors (Lipinski definition) is 14. The fourth-order valence-corrected chi connectivity index (χ4v) is 6.89. The van der Waals surface area contributed by atoms with Crippen molar-refractivity contribution in [2.24, 2.45) is 0 Å². The summed E-state index contributed by atoms with van der Waals surface area (Å²) in [4.78, 5) is 17.2. The highest BCUT2D eigenvalue weighted by molar-refractivity contribution is 6.32. The summed E-state index contributed by atoms with van der Waals surface area (Å²) in [5.74, 6) is 2.18. The molecule has 4 heterocycles. The molecule has 8 aromatic rings. The molecular formula is C48H41Cl3N10O4. The van der Waals surface area contributed by atoms with Gasteiger partial charge in [-0.1, -0.05) is 35.3 Å². The van der Waals surface area contributed by atoms with Crippen LogP contribution in [-0.4, -0.2) is 33.1 Å². The summed E-state index contributed by atoms with van der Waals surface area (Å²) in [5, 5.41) is 28.0. The van der Waals surface area contributed by atoms with Gasteiger partial charge < -0.3 is 41.0 Å². The lowest BCUT2D eigenvalue weighted by Crippen LogP contribution is -2.01.